The molecule has 0 heterocycles. The number of hydrogen-bond acceptors (Lipinski definition) is 2. The highest BCUT2D eigenvalue weighted by Crippen LogP contribution is 2.24. The molecule has 1 N–H and O–H groups in total. The molecule has 96 valence electrons. The minimum atomic E-state index is 0.148. The van der Waals surface area contributed by atoms with E-state index in [1.165, 1.54) is 5.56 Å². The van der Waals surface area contributed by atoms with E-state index in [4.69, 9.17) is 4.74 Å². The molecule has 1 aromatic rings. The van der Waals surface area contributed by atoms with Crippen LogP contribution in [-0.2, 0) is 5.41 Å². The summed E-state index contributed by atoms with van der Waals surface area (Å²) in [6, 6.07) is 8.95. The lowest BCUT2D eigenvalue weighted by molar-refractivity contribution is 0.339. The van der Waals surface area contributed by atoms with Crippen LogP contribution in [0.15, 0.2) is 24.3 Å². The van der Waals surface area contributed by atoms with Crippen LogP contribution in [0, 0.1) is 0 Å². The summed E-state index contributed by atoms with van der Waals surface area (Å²) in [6.45, 7) is 12.6. The number of ether oxygens (including phenoxy) is 1. The maximum atomic E-state index is 5.46. The normalized spacial score (nSPS) is 11.9. The highest BCUT2D eigenvalue weighted by molar-refractivity contribution is 5.31. The van der Waals surface area contributed by atoms with Gasteiger partial charge in [-0.15, -0.1) is 0 Å². The molecule has 0 aliphatic heterocycles. The zero-order valence-corrected chi connectivity index (χ0v) is 11.7. The Balaban J connectivity index is 2.70. The van der Waals surface area contributed by atoms with Crippen molar-refractivity contribution >= 4 is 0 Å². The van der Waals surface area contributed by atoms with Gasteiger partial charge in [-0.05, 0) is 24.6 Å². The van der Waals surface area contributed by atoms with Gasteiger partial charge in [-0.2, -0.15) is 0 Å². The van der Waals surface area contributed by atoms with E-state index in [1.807, 2.05) is 6.92 Å². The molecule has 0 amide bonds. The van der Waals surface area contributed by atoms with E-state index in [2.05, 4.69) is 57.3 Å². The fraction of sp³-hybridized carbons (Fsp3) is 0.600. The fourth-order valence-corrected chi connectivity index (χ4v) is 1.73. The first kappa shape index (κ1) is 14.0. The smallest absolute Gasteiger partial charge is 0.119 e. The van der Waals surface area contributed by atoms with Gasteiger partial charge in [-0.25, -0.2) is 0 Å². The average Bonchev–Trinajstić information content (AvgIpc) is 2.28. The van der Waals surface area contributed by atoms with Gasteiger partial charge in [0.2, 0.25) is 0 Å². The van der Waals surface area contributed by atoms with E-state index in [-0.39, 0.29) is 5.41 Å². The van der Waals surface area contributed by atoms with Crippen molar-refractivity contribution in [2.24, 2.45) is 0 Å². The molecule has 0 saturated carbocycles. The van der Waals surface area contributed by atoms with Crippen molar-refractivity contribution in [1.82, 2.24) is 5.32 Å². The van der Waals surface area contributed by atoms with Crippen molar-refractivity contribution in [2.45, 2.75) is 46.1 Å². The van der Waals surface area contributed by atoms with Gasteiger partial charge in [-0.3, -0.25) is 0 Å². The van der Waals surface area contributed by atoms with Crippen LogP contribution >= 0.6 is 0 Å². The van der Waals surface area contributed by atoms with Crippen molar-refractivity contribution < 1.29 is 4.74 Å². The summed E-state index contributed by atoms with van der Waals surface area (Å²) >= 11 is 0. The molecule has 0 bridgehead atoms. The van der Waals surface area contributed by atoms with E-state index in [9.17, 15) is 0 Å². The summed E-state index contributed by atoms with van der Waals surface area (Å²) in [5.41, 5.74) is 1.49. The zero-order valence-electron chi connectivity index (χ0n) is 11.7. The van der Waals surface area contributed by atoms with E-state index >= 15 is 0 Å². The Hall–Kier alpha value is -1.02. The molecule has 1 rings (SSSR count). The zero-order chi connectivity index (χ0) is 12.9. The molecule has 17 heavy (non-hydrogen) atoms. The van der Waals surface area contributed by atoms with Gasteiger partial charge >= 0.3 is 0 Å². The second-order valence-electron chi connectivity index (χ2n) is 5.38. The summed E-state index contributed by atoms with van der Waals surface area (Å²) in [4.78, 5) is 0. The molecule has 0 aromatic heterocycles. The van der Waals surface area contributed by atoms with Gasteiger partial charge in [0.15, 0.2) is 0 Å². The summed E-state index contributed by atoms with van der Waals surface area (Å²) in [7, 11) is 0. The van der Waals surface area contributed by atoms with Crippen LogP contribution < -0.4 is 10.1 Å². The van der Waals surface area contributed by atoms with Crippen LogP contribution in [0.5, 0.6) is 5.75 Å². The molecule has 0 fully saturated rings. The Labute approximate surface area is 105 Å². The van der Waals surface area contributed by atoms with Gasteiger partial charge in [-0.1, -0.05) is 39.8 Å². The molecular weight excluding hydrogens is 210 g/mol. The van der Waals surface area contributed by atoms with Crippen LogP contribution in [0.1, 0.15) is 40.2 Å². The van der Waals surface area contributed by atoms with Gasteiger partial charge < -0.3 is 10.1 Å². The van der Waals surface area contributed by atoms with Crippen molar-refractivity contribution in [3.05, 3.63) is 29.8 Å². The monoisotopic (exact) mass is 235 g/mol. The molecule has 0 unspecified atom stereocenters. The largest absolute Gasteiger partial charge is 0.494 e. The Bertz CT molecular complexity index is 327. The lowest BCUT2D eigenvalue weighted by Crippen LogP contribution is -2.36. The van der Waals surface area contributed by atoms with Crippen molar-refractivity contribution in [3.63, 3.8) is 0 Å². The Morgan fingerprint density at radius 2 is 1.76 bits per heavy atom. The Morgan fingerprint density at radius 1 is 1.18 bits per heavy atom. The molecule has 2 nitrogen and oxygen atoms in total. The third-order valence-electron chi connectivity index (χ3n) is 2.90. The maximum absolute atomic E-state index is 5.46. The molecule has 0 radical (unpaired) electrons. The summed E-state index contributed by atoms with van der Waals surface area (Å²) < 4.78 is 5.46. The second kappa shape index (κ2) is 6.06. The summed E-state index contributed by atoms with van der Waals surface area (Å²) in [5, 5.41) is 3.49. The first-order valence-corrected chi connectivity index (χ1v) is 6.42. The van der Waals surface area contributed by atoms with E-state index in [0.717, 1.165) is 18.9 Å². The molecule has 0 saturated heterocycles. The van der Waals surface area contributed by atoms with Crippen LogP contribution in [0.3, 0.4) is 0 Å². The minimum absolute atomic E-state index is 0.148. The maximum Gasteiger partial charge on any atom is 0.119 e. The third kappa shape index (κ3) is 4.39. The standard InChI is InChI=1S/C15H25NO/c1-6-17-14-9-7-13(8-10-14)15(4,5)11-16-12(2)3/h7-10,12,16H,6,11H2,1-5H3. The van der Waals surface area contributed by atoms with Crippen molar-refractivity contribution in [3.8, 4) is 5.75 Å². The first-order valence-electron chi connectivity index (χ1n) is 6.42. The molecule has 2 heteroatoms. The van der Waals surface area contributed by atoms with Crippen molar-refractivity contribution in [2.75, 3.05) is 13.2 Å². The lowest BCUT2D eigenvalue weighted by atomic mass is 9.84. The van der Waals surface area contributed by atoms with Crippen LogP contribution in [0.4, 0.5) is 0 Å². The van der Waals surface area contributed by atoms with Crippen LogP contribution in [0.25, 0.3) is 0 Å². The third-order valence-corrected chi connectivity index (χ3v) is 2.90. The number of hydrogen-bond donors (Lipinski definition) is 1. The Morgan fingerprint density at radius 3 is 2.24 bits per heavy atom. The molecule has 1 aromatic carbocycles. The molecule has 0 aliphatic carbocycles. The molecule has 0 atom stereocenters. The second-order valence-corrected chi connectivity index (χ2v) is 5.38. The molecular formula is C15H25NO. The topological polar surface area (TPSA) is 21.3 Å². The first-order chi connectivity index (χ1) is 7.95. The van der Waals surface area contributed by atoms with Gasteiger partial charge in [0.1, 0.15) is 5.75 Å². The summed E-state index contributed by atoms with van der Waals surface area (Å²) in [5.74, 6) is 0.948. The summed E-state index contributed by atoms with van der Waals surface area (Å²) in [6.07, 6.45) is 0. The van der Waals surface area contributed by atoms with E-state index in [1.54, 1.807) is 0 Å². The lowest BCUT2D eigenvalue weighted by Gasteiger charge is -2.27. The highest BCUT2D eigenvalue weighted by Gasteiger charge is 2.20. The van der Waals surface area contributed by atoms with Gasteiger partial charge in [0.05, 0.1) is 6.61 Å². The van der Waals surface area contributed by atoms with Crippen LogP contribution in [-0.4, -0.2) is 19.2 Å². The molecule has 0 aliphatic rings. The average molecular weight is 235 g/mol. The van der Waals surface area contributed by atoms with Gasteiger partial charge in [0, 0.05) is 18.0 Å². The van der Waals surface area contributed by atoms with Crippen LogP contribution in [0.2, 0.25) is 0 Å². The van der Waals surface area contributed by atoms with E-state index in [0.29, 0.717) is 6.04 Å². The van der Waals surface area contributed by atoms with Gasteiger partial charge in [0.25, 0.3) is 0 Å². The predicted octanol–water partition coefficient (Wildman–Crippen LogP) is 3.36. The molecule has 0 spiro atoms. The number of rotatable bonds is 6. The minimum Gasteiger partial charge on any atom is -0.494 e. The predicted molar refractivity (Wildman–Crippen MR) is 73.8 cm³/mol. The Kier molecular flexibility index (Phi) is 5.01. The van der Waals surface area contributed by atoms with Crippen molar-refractivity contribution in [1.29, 1.82) is 0 Å². The SMILES string of the molecule is CCOc1ccc(C(C)(C)CNC(C)C)cc1. The fourth-order valence-electron chi connectivity index (χ4n) is 1.73. The van der Waals surface area contributed by atoms with E-state index < -0.39 is 0 Å². The number of nitrogens with one attached hydrogen (secondary N) is 1. The highest BCUT2D eigenvalue weighted by atomic mass is 16.5. The number of benzene rings is 1. The quantitative estimate of drug-likeness (QED) is 0.816.